The minimum absolute atomic E-state index is 0.113. The average molecular weight is 423 g/mol. The smallest absolute Gasteiger partial charge is 0.241 e. The summed E-state index contributed by atoms with van der Waals surface area (Å²) < 4.78 is 27.6. The summed E-state index contributed by atoms with van der Waals surface area (Å²) in [6.07, 6.45) is 0.201. The quantitative estimate of drug-likeness (QED) is 0.609. The van der Waals surface area contributed by atoms with Crippen molar-refractivity contribution in [3.05, 3.63) is 84.4 Å². The molecule has 0 aliphatic rings. The first kappa shape index (κ1) is 21.7. The standard InChI is InChI=1S/C24H26N2O3S/c1-24(2,3)26-30(28,29)22-11-7-10-21(17-22)25-23(27)16-18-12-14-20(15-13-18)19-8-5-4-6-9-19/h4-15,17,26H,16H2,1-3H3,(H,25,27). The van der Waals surface area contributed by atoms with Gasteiger partial charge in [-0.3, -0.25) is 4.79 Å². The summed E-state index contributed by atoms with van der Waals surface area (Å²) in [6, 6.07) is 24.1. The number of nitrogens with one attached hydrogen (secondary N) is 2. The summed E-state index contributed by atoms with van der Waals surface area (Å²) in [6.45, 7) is 5.33. The number of carbonyl (C=O) groups is 1. The zero-order valence-electron chi connectivity index (χ0n) is 17.3. The summed E-state index contributed by atoms with van der Waals surface area (Å²) in [4.78, 5) is 12.6. The summed E-state index contributed by atoms with van der Waals surface area (Å²) in [5, 5.41) is 2.78. The van der Waals surface area contributed by atoms with Crippen LogP contribution >= 0.6 is 0 Å². The lowest BCUT2D eigenvalue weighted by atomic mass is 10.0. The van der Waals surface area contributed by atoms with Crippen molar-refractivity contribution in [1.82, 2.24) is 4.72 Å². The van der Waals surface area contributed by atoms with Crippen molar-refractivity contribution in [3.8, 4) is 11.1 Å². The first-order chi connectivity index (χ1) is 14.1. The molecular weight excluding hydrogens is 396 g/mol. The Balaban J connectivity index is 1.67. The number of sulfonamides is 1. The van der Waals surface area contributed by atoms with Gasteiger partial charge in [-0.05, 0) is 55.7 Å². The second-order valence-electron chi connectivity index (χ2n) is 8.17. The molecule has 3 rings (SSSR count). The molecule has 0 bridgehead atoms. The molecule has 30 heavy (non-hydrogen) atoms. The van der Waals surface area contributed by atoms with Gasteiger partial charge in [-0.15, -0.1) is 0 Å². The van der Waals surface area contributed by atoms with E-state index in [1.54, 1.807) is 32.9 Å². The Morgan fingerprint density at radius 3 is 2.10 bits per heavy atom. The lowest BCUT2D eigenvalue weighted by Crippen LogP contribution is -2.40. The largest absolute Gasteiger partial charge is 0.326 e. The fourth-order valence-corrected chi connectivity index (χ4v) is 4.50. The second kappa shape index (κ2) is 8.81. The van der Waals surface area contributed by atoms with Crippen LogP contribution in [-0.4, -0.2) is 19.9 Å². The van der Waals surface area contributed by atoms with Gasteiger partial charge in [-0.2, -0.15) is 0 Å². The molecule has 1 amide bonds. The van der Waals surface area contributed by atoms with Crippen molar-refractivity contribution in [1.29, 1.82) is 0 Å². The molecule has 0 saturated carbocycles. The average Bonchev–Trinajstić information content (AvgIpc) is 2.67. The Morgan fingerprint density at radius 1 is 0.833 bits per heavy atom. The van der Waals surface area contributed by atoms with Gasteiger partial charge in [0.15, 0.2) is 0 Å². The molecule has 0 aliphatic carbocycles. The van der Waals surface area contributed by atoms with Gasteiger partial charge < -0.3 is 5.32 Å². The molecule has 5 nitrogen and oxygen atoms in total. The van der Waals surface area contributed by atoms with Crippen LogP contribution in [0, 0.1) is 0 Å². The third-order valence-corrected chi connectivity index (χ3v) is 6.05. The Morgan fingerprint density at radius 2 is 1.47 bits per heavy atom. The maximum Gasteiger partial charge on any atom is 0.241 e. The van der Waals surface area contributed by atoms with Crippen LogP contribution in [0.2, 0.25) is 0 Å². The maximum absolute atomic E-state index is 12.5. The van der Waals surface area contributed by atoms with Crippen LogP contribution < -0.4 is 10.0 Å². The lowest BCUT2D eigenvalue weighted by Gasteiger charge is -2.20. The molecule has 0 atom stereocenters. The Labute approximate surface area is 178 Å². The summed E-state index contributed by atoms with van der Waals surface area (Å²) in [5.74, 6) is -0.208. The van der Waals surface area contributed by atoms with Gasteiger partial charge in [-0.1, -0.05) is 60.7 Å². The fourth-order valence-electron chi connectivity index (χ4n) is 3.04. The molecule has 0 fully saturated rings. The number of carbonyl (C=O) groups excluding carboxylic acids is 1. The number of hydrogen-bond donors (Lipinski definition) is 2. The van der Waals surface area contributed by atoms with Crippen molar-refractivity contribution in [2.75, 3.05) is 5.32 Å². The zero-order valence-corrected chi connectivity index (χ0v) is 18.2. The molecule has 0 aromatic heterocycles. The van der Waals surface area contributed by atoms with Gasteiger partial charge in [0.05, 0.1) is 11.3 Å². The fraction of sp³-hybridized carbons (Fsp3) is 0.208. The summed E-state index contributed by atoms with van der Waals surface area (Å²) >= 11 is 0. The van der Waals surface area contributed by atoms with E-state index in [-0.39, 0.29) is 17.2 Å². The van der Waals surface area contributed by atoms with Gasteiger partial charge >= 0.3 is 0 Å². The van der Waals surface area contributed by atoms with Crippen LogP contribution in [0.3, 0.4) is 0 Å². The van der Waals surface area contributed by atoms with Crippen molar-refractivity contribution in [2.45, 2.75) is 37.6 Å². The molecule has 0 aliphatic heterocycles. The van der Waals surface area contributed by atoms with Crippen LogP contribution in [0.15, 0.2) is 83.8 Å². The third kappa shape index (κ3) is 6.02. The van der Waals surface area contributed by atoms with Crippen LogP contribution in [0.25, 0.3) is 11.1 Å². The van der Waals surface area contributed by atoms with E-state index < -0.39 is 15.6 Å². The van der Waals surface area contributed by atoms with E-state index >= 15 is 0 Å². The van der Waals surface area contributed by atoms with Gasteiger partial charge in [0.2, 0.25) is 15.9 Å². The number of hydrogen-bond acceptors (Lipinski definition) is 3. The number of anilines is 1. The Kier molecular flexibility index (Phi) is 6.39. The third-order valence-electron chi connectivity index (χ3n) is 4.29. The first-order valence-electron chi connectivity index (χ1n) is 9.71. The summed E-state index contributed by atoms with van der Waals surface area (Å²) in [7, 11) is -3.67. The van der Waals surface area contributed by atoms with E-state index in [2.05, 4.69) is 10.0 Å². The van der Waals surface area contributed by atoms with E-state index in [1.807, 2.05) is 54.6 Å². The van der Waals surface area contributed by atoms with Crippen LogP contribution in [0.4, 0.5) is 5.69 Å². The predicted octanol–water partition coefficient (Wildman–Crippen LogP) is 4.61. The molecule has 0 unspecified atom stereocenters. The van der Waals surface area contributed by atoms with Crippen molar-refractivity contribution < 1.29 is 13.2 Å². The first-order valence-corrected chi connectivity index (χ1v) is 11.2. The van der Waals surface area contributed by atoms with Gasteiger partial charge in [-0.25, -0.2) is 13.1 Å². The molecule has 3 aromatic carbocycles. The Bertz CT molecular complexity index is 1120. The van der Waals surface area contributed by atoms with E-state index in [0.29, 0.717) is 5.69 Å². The molecule has 0 heterocycles. The van der Waals surface area contributed by atoms with Crippen LogP contribution in [0.5, 0.6) is 0 Å². The van der Waals surface area contributed by atoms with E-state index in [9.17, 15) is 13.2 Å². The SMILES string of the molecule is CC(C)(C)NS(=O)(=O)c1cccc(NC(=O)Cc2ccc(-c3ccccc3)cc2)c1. The Hall–Kier alpha value is -2.96. The van der Waals surface area contributed by atoms with Gasteiger partial charge in [0.25, 0.3) is 0 Å². The van der Waals surface area contributed by atoms with Crippen LogP contribution in [-0.2, 0) is 21.2 Å². The second-order valence-corrected chi connectivity index (χ2v) is 9.85. The zero-order chi connectivity index (χ0) is 21.8. The molecule has 6 heteroatoms. The molecule has 3 aromatic rings. The monoisotopic (exact) mass is 422 g/mol. The summed E-state index contributed by atoms with van der Waals surface area (Å²) in [5.41, 5.74) is 2.94. The maximum atomic E-state index is 12.5. The number of benzene rings is 3. The van der Waals surface area contributed by atoms with Crippen molar-refractivity contribution in [3.63, 3.8) is 0 Å². The molecular formula is C24H26N2O3S. The molecule has 0 saturated heterocycles. The number of amides is 1. The predicted molar refractivity (Wildman–Crippen MR) is 121 cm³/mol. The minimum atomic E-state index is -3.67. The normalized spacial score (nSPS) is 11.8. The van der Waals surface area contributed by atoms with Crippen molar-refractivity contribution >= 4 is 21.6 Å². The van der Waals surface area contributed by atoms with Crippen LogP contribution in [0.1, 0.15) is 26.3 Å². The van der Waals surface area contributed by atoms with E-state index in [1.165, 1.54) is 12.1 Å². The molecule has 156 valence electrons. The highest BCUT2D eigenvalue weighted by Crippen LogP contribution is 2.20. The van der Waals surface area contributed by atoms with Gasteiger partial charge in [0, 0.05) is 11.2 Å². The van der Waals surface area contributed by atoms with Crippen molar-refractivity contribution in [2.24, 2.45) is 0 Å². The topological polar surface area (TPSA) is 75.3 Å². The highest BCUT2D eigenvalue weighted by molar-refractivity contribution is 7.89. The number of rotatable bonds is 6. The van der Waals surface area contributed by atoms with Gasteiger partial charge in [0.1, 0.15) is 0 Å². The molecule has 2 N–H and O–H groups in total. The van der Waals surface area contributed by atoms with E-state index in [4.69, 9.17) is 0 Å². The molecule has 0 spiro atoms. The molecule has 0 radical (unpaired) electrons. The lowest BCUT2D eigenvalue weighted by molar-refractivity contribution is -0.115. The highest BCUT2D eigenvalue weighted by atomic mass is 32.2. The highest BCUT2D eigenvalue weighted by Gasteiger charge is 2.22. The minimum Gasteiger partial charge on any atom is -0.326 e. The van der Waals surface area contributed by atoms with E-state index in [0.717, 1.165) is 16.7 Å².